The maximum Gasteiger partial charge on any atom is 0.236 e. The third-order valence-corrected chi connectivity index (χ3v) is 3.52. The summed E-state index contributed by atoms with van der Waals surface area (Å²) in [5.41, 5.74) is 4.32. The van der Waals surface area contributed by atoms with E-state index in [4.69, 9.17) is 9.47 Å². The summed E-state index contributed by atoms with van der Waals surface area (Å²) in [5, 5.41) is 3.87. The molecule has 2 aromatic rings. The minimum Gasteiger partial charge on any atom is -0.490 e. The molecule has 6 heteroatoms. The van der Waals surface area contributed by atoms with Crippen molar-refractivity contribution in [3.63, 3.8) is 0 Å². The number of nitrogens with one attached hydrogen (secondary N) is 1. The fourth-order valence-electron chi connectivity index (χ4n) is 1.89. The van der Waals surface area contributed by atoms with Crippen molar-refractivity contribution in [2.24, 2.45) is 5.10 Å². The molecule has 0 atom stereocenters. The quantitative estimate of drug-likeness (QED) is 0.445. The Hall–Kier alpha value is -2.34. The number of halogens is 1. The van der Waals surface area contributed by atoms with Crippen LogP contribution in [0.2, 0.25) is 0 Å². The highest BCUT2D eigenvalue weighted by atomic mass is 79.9. The van der Waals surface area contributed by atoms with Gasteiger partial charge in [0.05, 0.1) is 6.21 Å². The Balaban J connectivity index is 1.90. The van der Waals surface area contributed by atoms with Gasteiger partial charge in [0.15, 0.2) is 0 Å². The van der Waals surface area contributed by atoms with Gasteiger partial charge in [-0.25, -0.2) is 5.43 Å². The Kier molecular flexibility index (Phi) is 6.81. The summed E-state index contributed by atoms with van der Waals surface area (Å²) in [6.45, 7) is 4.26. The fourth-order valence-corrected chi connectivity index (χ4v) is 2.27. The molecule has 126 valence electrons. The van der Waals surface area contributed by atoms with E-state index in [2.05, 4.69) is 26.5 Å². The first kappa shape index (κ1) is 18.0. The molecule has 0 aliphatic rings. The van der Waals surface area contributed by atoms with Gasteiger partial charge >= 0.3 is 0 Å². The summed E-state index contributed by atoms with van der Waals surface area (Å²) >= 11 is 3.41. The first-order chi connectivity index (χ1) is 11.5. The van der Waals surface area contributed by atoms with Crippen LogP contribution >= 0.6 is 15.9 Å². The highest BCUT2D eigenvalue weighted by Crippen LogP contribution is 2.22. The second kappa shape index (κ2) is 9.08. The van der Waals surface area contributed by atoms with Crippen molar-refractivity contribution in [2.45, 2.75) is 13.8 Å². The Bertz CT molecular complexity index is 715. The SMILES string of the molecule is CC(=O)N/N=C\c1cc(Br)ccc1OCCOc1ccc(C)cc1. The molecule has 0 aliphatic carbocycles. The molecule has 0 radical (unpaired) electrons. The van der Waals surface area contributed by atoms with Gasteiger partial charge in [0, 0.05) is 17.0 Å². The van der Waals surface area contributed by atoms with Crippen LogP contribution in [0.4, 0.5) is 0 Å². The minimum atomic E-state index is -0.227. The summed E-state index contributed by atoms with van der Waals surface area (Å²) in [7, 11) is 0. The number of ether oxygens (including phenoxy) is 2. The molecule has 1 N–H and O–H groups in total. The van der Waals surface area contributed by atoms with Crippen LogP contribution in [-0.4, -0.2) is 25.3 Å². The number of rotatable bonds is 7. The molecule has 0 unspecified atom stereocenters. The standard InChI is InChI=1S/C18H19BrN2O3/c1-13-3-6-17(7-4-13)23-9-10-24-18-8-5-16(19)11-15(18)12-20-21-14(2)22/h3-8,11-12H,9-10H2,1-2H3,(H,21,22)/b20-12-. The van der Waals surface area contributed by atoms with Crippen molar-refractivity contribution in [2.75, 3.05) is 13.2 Å². The van der Waals surface area contributed by atoms with Crippen LogP contribution in [0.25, 0.3) is 0 Å². The van der Waals surface area contributed by atoms with Gasteiger partial charge in [0.25, 0.3) is 0 Å². The van der Waals surface area contributed by atoms with Crippen molar-refractivity contribution in [1.82, 2.24) is 5.43 Å². The van der Waals surface area contributed by atoms with Crippen LogP contribution in [0.15, 0.2) is 52.0 Å². The lowest BCUT2D eigenvalue weighted by Crippen LogP contribution is -2.13. The topological polar surface area (TPSA) is 59.9 Å². The first-order valence-electron chi connectivity index (χ1n) is 7.46. The first-order valence-corrected chi connectivity index (χ1v) is 8.25. The number of aryl methyl sites for hydroxylation is 1. The lowest BCUT2D eigenvalue weighted by molar-refractivity contribution is -0.118. The molecule has 0 bridgehead atoms. The lowest BCUT2D eigenvalue weighted by atomic mass is 10.2. The van der Waals surface area contributed by atoms with E-state index in [1.165, 1.54) is 12.5 Å². The molecule has 2 rings (SSSR count). The van der Waals surface area contributed by atoms with Crippen molar-refractivity contribution in [3.8, 4) is 11.5 Å². The monoisotopic (exact) mass is 390 g/mol. The molecule has 0 saturated carbocycles. The summed E-state index contributed by atoms with van der Waals surface area (Å²) in [5.74, 6) is 1.25. The molecule has 0 heterocycles. The van der Waals surface area contributed by atoms with Crippen LogP contribution < -0.4 is 14.9 Å². The molecule has 2 aromatic carbocycles. The number of hydrogen-bond donors (Lipinski definition) is 1. The largest absolute Gasteiger partial charge is 0.490 e. The van der Waals surface area contributed by atoms with Gasteiger partial charge in [0.2, 0.25) is 5.91 Å². The zero-order chi connectivity index (χ0) is 17.4. The number of carbonyl (C=O) groups excluding carboxylic acids is 1. The Morgan fingerprint density at radius 2 is 1.88 bits per heavy atom. The number of amides is 1. The predicted octanol–water partition coefficient (Wildman–Crippen LogP) is 3.69. The van der Waals surface area contributed by atoms with E-state index in [0.717, 1.165) is 15.8 Å². The number of benzene rings is 2. The summed E-state index contributed by atoms with van der Waals surface area (Å²) in [4.78, 5) is 10.9. The normalized spacial score (nSPS) is 10.6. The van der Waals surface area contributed by atoms with Crippen LogP contribution in [0.5, 0.6) is 11.5 Å². The molecule has 0 aromatic heterocycles. The molecular weight excluding hydrogens is 372 g/mol. The fraction of sp³-hybridized carbons (Fsp3) is 0.222. The molecule has 1 amide bonds. The summed E-state index contributed by atoms with van der Waals surface area (Å²) in [6, 6.07) is 13.4. The second-order valence-corrected chi connectivity index (χ2v) is 6.03. The van der Waals surface area contributed by atoms with Crippen LogP contribution in [0.3, 0.4) is 0 Å². The number of hydrazone groups is 1. The smallest absolute Gasteiger partial charge is 0.236 e. The molecule has 0 saturated heterocycles. The number of carbonyl (C=O) groups is 1. The van der Waals surface area contributed by atoms with E-state index in [1.54, 1.807) is 6.21 Å². The molecular formula is C18H19BrN2O3. The van der Waals surface area contributed by atoms with Gasteiger partial charge in [-0.05, 0) is 37.3 Å². The van der Waals surface area contributed by atoms with E-state index in [-0.39, 0.29) is 5.91 Å². The maximum absolute atomic E-state index is 10.9. The van der Waals surface area contributed by atoms with E-state index in [1.807, 2.05) is 49.4 Å². The van der Waals surface area contributed by atoms with Crippen LogP contribution in [-0.2, 0) is 4.79 Å². The minimum absolute atomic E-state index is 0.227. The van der Waals surface area contributed by atoms with Gasteiger partial charge in [-0.3, -0.25) is 4.79 Å². The van der Waals surface area contributed by atoms with E-state index < -0.39 is 0 Å². The molecule has 0 spiro atoms. The van der Waals surface area contributed by atoms with Crippen LogP contribution in [0.1, 0.15) is 18.1 Å². The lowest BCUT2D eigenvalue weighted by Gasteiger charge is -2.11. The molecule has 0 fully saturated rings. The second-order valence-electron chi connectivity index (χ2n) is 5.12. The highest BCUT2D eigenvalue weighted by Gasteiger charge is 2.03. The van der Waals surface area contributed by atoms with E-state index in [9.17, 15) is 4.79 Å². The average Bonchev–Trinajstić information content (AvgIpc) is 2.54. The number of nitrogens with zero attached hydrogens (tertiary/aromatic N) is 1. The van der Waals surface area contributed by atoms with Gasteiger partial charge in [0.1, 0.15) is 24.7 Å². The maximum atomic E-state index is 10.9. The van der Waals surface area contributed by atoms with E-state index >= 15 is 0 Å². The van der Waals surface area contributed by atoms with Gasteiger partial charge in [-0.2, -0.15) is 5.10 Å². The van der Waals surface area contributed by atoms with Gasteiger partial charge in [-0.1, -0.05) is 33.6 Å². The third-order valence-electron chi connectivity index (χ3n) is 3.03. The summed E-state index contributed by atoms with van der Waals surface area (Å²) in [6.07, 6.45) is 1.54. The van der Waals surface area contributed by atoms with Gasteiger partial charge < -0.3 is 9.47 Å². The van der Waals surface area contributed by atoms with E-state index in [0.29, 0.717) is 19.0 Å². The Labute approximate surface area is 149 Å². The molecule has 24 heavy (non-hydrogen) atoms. The summed E-state index contributed by atoms with van der Waals surface area (Å²) < 4.78 is 12.3. The predicted molar refractivity (Wildman–Crippen MR) is 97.7 cm³/mol. The zero-order valence-electron chi connectivity index (χ0n) is 13.6. The van der Waals surface area contributed by atoms with Crippen LogP contribution in [0, 0.1) is 6.92 Å². The van der Waals surface area contributed by atoms with Crippen molar-refractivity contribution >= 4 is 28.1 Å². The number of hydrogen-bond acceptors (Lipinski definition) is 4. The third kappa shape index (κ3) is 6.04. The average molecular weight is 391 g/mol. The van der Waals surface area contributed by atoms with Crippen molar-refractivity contribution < 1.29 is 14.3 Å². The Morgan fingerprint density at radius 1 is 1.17 bits per heavy atom. The molecule has 0 aliphatic heterocycles. The zero-order valence-corrected chi connectivity index (χ0v) is 15.2. The van der Waals surface area contributed by atoms with Gasteiger partial charge in [-0.15, -0.1) is 0 Å². The van der Waals surface area contributed by atoms with Crippen molar-refractivity contribution in [1.29, 1.82) is 0 Å². The van der Waals surface area contributed by atoms with Crippen molar-refractivity contribution in [3.05, 3.63) is 58.1 Å². The highest BCUT2D eigenvalue weighted by molar-refractivity contribution is 9.10. The molecule has 5 nitrogen and oxygen atoms in total. The Morgan fingerprint density at radius 3 is 2.58 bits per heavy atom.